The molecule has 2 heterocycles. The second kappa shape index (κ2) is 10.8. The number of nitrogens with zero attached hydrogens (tertiary/aromatic N) is 2. The normalized spacial score (nSPS) is 14.3. The molecule has 40 heavy (non-hydrogen) atoms. The molecule has 7 nitrogen and oxygen atoms in total. The van der Waals surface area contributed by atoms with Crippen LogP contribution >= 0.6 is 11.6 Å². The van der Waals surface area contributed by atoms with Crippen LogP contribution in [-0.4, -0.2) is 39.8 Å². The standard InChI is InChI=1S/C32H26ClN3O4/c1-39-23-13-10-20(11-14-23)16-17-36-31(21-6-5-9-25(18-21)40-24-7-3-2-4-8-24)28-29(34-35-30(28)32(36)38)26-19-22(33)12-15-27(26)37/h2-15,18-19,31,37H,16-17H2,1H3,(H,34,35). The van der Waals surface area contributed by atoms with Gasteiger partial charge in [-0.1, -0.05) is 54.1 Å². The highest BCUT2D eigenvalue weighted by molar-refractivity contribution is 6.31. The Morgan fingerprint density at radius 3 is 2.48 bits per heavy atom. The van der Waals surface area contributed by atoms with Crippen LogP contribution in [0.5, 0.6) is 23.0 Å². The molecule has 0 spiro atoms. The predicted molar refractivity (Wildman–Crippen MR) is 153 cm³/mol. The number of halogens is 1. The molecule has 0 fully saturated rings. The average Bonchev–Trinajstić information content (AvgIpc) is 3.52. The monoisotopic (exact) mass is 551 g/mol. The maximum absolute atomic E-state index is 13.8. The Morgan fingerprint density at radius 1 is 0.925 bits per heavy atom. The first-order chi connectivity index (χ1) is 19.5. The average molecular weight is 552 g/mol. The van der Waals surface area contributed by atoms with Crippen molar-refractivity contribution in [2.75, 3.05) is 13.7 Å². The number of aromatic amines is 1. The van der Waals surface area contributed by atoms with Crippen molar-refractivity contribution >= 4 is 17.5 Å². The van der Waals surface area contributed by atoms with Gasteiger partial charge in [0.15, 0.2) is 0 Å². The van der Waals surface area contributed by atoms with Crippen molar-refractivity contribution in [1.82, 2.24) is 15.1 Å². The molecule has 1 amide bonds. The first-order valence-electron chi connectivity index (χ1n) is 12.9. The van der Waals surface area contributed by atoms with Crippen LogP contribution in [0.3, 0.4) is 0 Å². The lowest BCUT2D eigenvalue weighted by atomic mass is 9.95. The lowest BCUT2D eigenvalue weighted by molar-refractivity contribution is 0.0745. The highest BCUT2D eigenvalue weighted by Gasteiger charge is 2.42. The number of aromatic nitrogens is 2. The summed E-state index contributed by atoms with van der Waals surface area (Å²) in [5.41, 5.74) is 3.96. The smallest absolute Gasteiger partial charge is 0.273 e. The molecule has 200 valence electrons. The third-order valence-corrected chi connectivity index (χ3v) is 7.27. The van der Waals surface area contributed by atoms with Crippen LogP contribution in [0.2, 0.25) is 5.02 Å². The van der Waals surface area contributed by atoms with Crippen LogP contribution in [0.1, 0.15) is 33.2 Å². The van der Waals surface area contributed by atoms with Gasteiger partial charge in [0.25, 0.3) is 5.91 Å². The molecule has 2 N–H and O–H groups in total. The van der Waals surface area contributed by atoms with Gasteiger partial charge in [-0.3, -0.25) is 9.89 Å². The zero-order valence-corrected chi connectivity index (χ0v) is 22.4. The van der Waals surface area contributed by atoms with Crippen molar-refractivity contribution in [3.05, 3.63) is 124 Å². The van der Waals surface area contributed by atoms with Gasteiger partial charge in [-0.2, -0.15) is 5.10 Å². The van der Waals surface area contributed by atoms with Crippen LogP contribution in [0.25, 0.3) is 11.3 Å². The second-order valence-electron chi connectivity index (χ2n) is 9.51. The number of nitrogens with one attached hydrogen (secondary N) is 1. The largest absolute Gasteiger partial charge is 0.507 e. The Hall–Kier alpha value is -4.75. The number of ether oxygens (including phenoxy) is 2. The van der Waals surface area contributed by atoms with Crippen molar-refractivity contribution < 1.29 is 19.4 Å². The van der Waals surface area contributed by atoms with E-state index in [-0.39, 0.29) is 11.7 Å². The first kappa shape index (κ1) is 25.5. The molecule has 0 radical (unpaired) electrons. The molecular weight excluding hydrogens is 526 g/mol. The fourth-order valence-electron chi connectivity index (χ4n) is 5.09. The maximum atomic E-state index is 13.8. The number of rotatable bonds is 8. The third-order valence-electron chi connectivity index (χ3n) is 7.03. The predicted octanol–water partition coefficient (Wildman–Crippen LogP) is 7.02. The Bertz CT molecular complexity index is 1670. The van der Waals surface area contributed by atoms with Crippen LogP contribution < -0.4 is 9.47 Å². The van der Waals surface area contributed by atoms with Gasteiger partial charge in [0.1, 0.15) is 34.4 Å². The molecule has 1 unspecified atom stereocenters. The number of benzene rings is 4. The molecular formula is C32H26ClN3O4. The summed E-state index contributed by atoms with van der Waals surface area (Å²) in [7, 11) is 1.63. The third kappa shape index (κ3) is 4.87. The summed E-state index contributed by atoms with van der Waals surface area (Å²) in [6.45, 7) is 0.461. The number of methoxy groups -OCH3 is 1. The van der Waals surface area contributed by atoms with E-state index in [1.165, 1.54) is 6.07 Å². The molecule has 0 bridgehead atoms. The van der Waals surface area contributed by atoms with Crippen molar-refractivity contribution in [1.29, 1.82) is 0 Å². The first-order valence-corrected chi connectivity index (χ1v) is 13.2. The fraction of sp³-hybridized carbons (Fsp3) is 0.125. The molecule has 8 heteroatoms. The highest BCUT2D eigenvalue weighted by Crippen LogP contribution is 2.45. The number of para-hydroxylation sites is 1. The number of hydrogen-bond donors (Lipinski definition) is 2. The SMILES string of the molecule is COc1ccc(CCN2C(=O)c3[nH]nc(-c4cc(Cl)ccc4O)c3C2c2cccc(Oc3ccccc3)c2)cc1. The molecule has 1 atom stereocenters. The number of phenols is 1. The van der Waals surface area contributed by atoms with E-state index < -0.39 is 6.04 Å². The van der Waals surface area contributed by atoms with Gasteiger partial charge >= 0.3 is 0 Å². The number of hydrogen-bond acceptors (Lipinski definition) is 5. The van der Waals surface area contributed by atoms with Gasteiger partial charge in [0.05, 0.1) is 13.2 Å². The van der Waals surface area contributed by atoms with Crippen LogP contribution in [0.4, 0.5) is 0 Å². The van der Waals surface area contributed by atoms with Gasteiger partial charge in [0, 0.05) is 22.7 Å². The summed E-state index contributed by atoms with van der Waals surface area (Å²) in [5, 5.41) is 18.5. The van der Waals surface area contributed by atoms with Crippen molar-refractivity contribution in [3.63, 3.8) is 0 Å². The molecule has 0 saturated carbocycles. The Morgan fingerprint density at radius 2 is 1.70 bits per heavy atom. The number of aromatic hydroxyl groups is 1. The van der Waals surface area contributed by atoms with Crippen LogP contribution in [0, 0.1) is 0 Å². The summed E-state index contributed by atoms with van der Waals surface area (Å²) in [5.74, 6) is 2.01. The molecule has 0 saturated heterocycles. The molecule has 0 aliphatic carbocycles. The van der Waals surface area contributed by atoms with Gasteiger partial charge in [-0.15, -0.1) is 0 Å². The summed E-state index contributed by atoms with van der Waals surface area (Å²) in [6.07, 6.45) is 0.641. The van der Waals surface area contributed by atoms with Gasteiger partial charge in [-0.05, 0) is 72.1 Å². The quantitative estimate of drug-likeness (QED) is 0.216. The molecule has 4 aromatic carbocycles. The number of phenolic OH excluding ortho intramolecular Hbond substituents is 1. The van der Waals surface area contributed by atoms with E-state index in [2.05, 4.69) is 10.2 Å². The zero-order valence-electron chi connectivity index (χ0n) is 21.7. The number of carbonyl (C=O) groups excluding carboxylic acids is 1. The fourth-order valence-corrected chi connectivity index (χ4v) is 5.26. The van der Waals surface area contributed by atoms with Gasteiger partial charge < -0.3 is 19.5 Å². The highest BCUT2D eigenvalue weighted by atomic mass is 35.5. The minimum atomic E-state index is -0.466. The Labute approximate surface area is 236 Å². The Balaban J connectivity index is 1.41. The number of H-pyrrole nitrogens is 1. The van der Waals surface area contributed by atoms with E-state index in [0.717, 1.165) is 16.9 Å². The zero-order chi connectivity index (χ0) is 27.6. The molecule has 1 aromatic heterocycles. The van der Waals surface area contributed by atoms with Crippen molar-refractivity contribution in [2.45, 2.75) is 12.5 Å². The summed E-state index contributed by atoms with van der Waals surface area (Å²) >= 11 is 6.28. The summed E-state index contributed by atoms with van der Waals surface area (Å²) in [6, 6.07) is 29.4. The second-order valence-corrected chi connectivity index (χ2v) is 9.95. The van der Waals surface area contributed by atoms with E-state index in [1.54, 1.807) is 19.2 Å². The number of amides is 1. The topological polar surface area (TPSA) is 87.7 Å². The van der Waals surface area contributed by atoms with Gasteiger partial charge in [0.2, 0.25) is 0 Å². The lowest BCUT2D eigenvalue weighted by Gasteiger charge is -2.27. The van der Waals surface area contributed by atoms with Crippen molar-refractivity contribution in [3.8, 4) is 34.3 Å². The Kier molecular flexibility index (Phi) is 6.88. The minimum absolute atomic E-state index is 0.0303. The van der Waals surface area contributed by atoms with Gasteiger partial charge in [-0.25, -0.2) is 0 Å². The summed E-state index contributed by atoms with van der Waals surface area (Å²) in [4.78, 5) is 15.6. The maximum Gasteiger partial charge on any atom is 0.273 e. The summed E-state index contributed by atoms with van der Waals surface area (Å²) < 4.78 is 11.4. The van der Waals surface area contributed by atoms with Crippen molar-refractivity contribution in [2.24, 2.45) is 0 Å². The molecule has 6 rings (SSSR count). The van der Waals surface area contributed by atoms with E-state index in [0.29, 0.717) is 52.0 Å². The van der Waals surface area contributed by atoms with E-state index >= 15 is 0 Å². The number of carbonyl (C=O) groups is 1. The van der Waals surface area contributed by atoms with Crippen LogP contribution in [0.15, 0.2) is 97.1 Å². The molecule has 1 aliphatic heterocycles. The molecule has 1 aliphatic rings. The van der Waals surface area contributed by atoms with E-state index in [1.807, 2.05) is 83.8 Å². The molecule has 5 aromatic rings. The minimum Gasteiger partial charge on any atom is -0.507 e. The van der Waals surface area contributed by atoms with E-state index in [9.17, 15) is 9.90 Å². The van der Waals surface area contributed by atoms with Crippen LogP contribution in [-0.2, 0) is 6.42 Å². The van der Waals surface area contributed by atoms with E-state index in [4.69, 9.17) is 21.1 Å². The lowest BCUT2D eigenvalue weighted by Crippen LogP contribution is -2.31. The number of fused-ring (bicyclic) bond motifs is 1.